The van der Waals surface area contributed by atoms with E-state index in [1.54, 1.807) is 10.9 Å². The fourth-order valence-electron chi connectivity index (χ4n) is 2.67. The lowest BCUT2D eigenvalue weighted by molar-refractivity contribution is -0.149. The Balaban J connectivity index is 1.62. The van der Waals surface area contributed by atoms with E-state index in [0.29, 0.717) is 17.6 Å². The molecule has 0 amide bonds. The van der Waals surface area contributed by atoms with Crippen molar-refractivity contribution in [3.63, 3.8) is 0 Å². The van der Waals surface area contributed by atoms with Gasteiger partial charge in [0.25, 0.3) is 5.56 Å². The standard InChI is InChI=1S/C15H20N4O4/c1-9(2)5-12(20)22-6-10-3-4-11(23-10)19-8-18-13-14(19)16-7-17-15(13)21/h7-11H,3-6H2,1-2H3,(H,16,17,21)/t10-,11+/m0/s1. The van der Waals surface area contributed by atoms with Crippen LogP contribution in [0.5, 0.6) is 0 Å². The zero-order valence-electron chi connectivity index (χ0n) is 13.2. The van der Waals surface area contributed by atoms with Crippen LogP contribution in [0.1, 0.15) is 39.3 Å². The van der Waals surface area contributed by atoms with Crippen molar-refractivity contribution in [3.8, 4) is 0 Å². The monoisotopic (exact) mass is 320 g/mol. The number of esters is 1. The molecule has 3 heterocycles. The molecule has 0 aliphatic carbocycles. The largest absolute Gasteiger partial charge is 0.463 e. The van der Waals surface area contributed by atoms with Crippen molar-refractivity contribution in [1.82, 2.24) is 19.5 Å². The molecule has 8 heteroatoms. The first-order valence-corrected chi connectivity index (χ1v) is 7.76. The number of nitrogens with zero attached hydrogens (tertiary/aromatic N) is 3. The summed E-state index contributed by atoms with van der Waals surface area (Å²) < 4.78 is 12.9. The Morgan fingerprint density at radius 1 is 1.48 bits per heavy atom. The SMILES string of the molecule is CC(C)CC(=O)OC[C@@H]1CC[C@H](n2cnc3c(=O)[nH]cnc32)O1. The molecular weight excluding hydrogens is 300 g/mol. The van der Waals surface area contributed by atoms with E-state index in [2.05, 4.69) is 15.0 Å². The average molecular weight is 320 g/mol. The van der Waals surface area contributed by atoms with Crippen LogP contribution in [0.25, 0.3) is 11.2 Å². The third kappa shape index (κ3) is 3.42. The minimum absolute atomic E-state index is 0.143. The van der Waals surface area contributed by atoms with Crippen molar-refractivity contribution in [1.29, 1.82) is 0 Å². The van der Waals surface area contributed by atoms with E-state index in [4.69, 9.17) is 9.47 Å². The molecular formula is C15H20N4O4. The third-order valence-electron chi connectivity index (χ3n) is 3.77. The zero-order valence-corrected chi connectivity index (χ0v) is 13.2. The molecule has 3 rings (SSSR count). The number of fused-ring (bicyclic) bond motifs is 1. The Morgan fingerprint density at radius 3 is 3.09 bits per heavy atom. The fraction of sp³-hybridized carbons (Fsp3) is 0.600. The van der Waals surface area contributed by atoms with Crippen LogP contribution in [-0.2, 0) is 14.3 Å². The van der Waals surface area contributed by atoms with Gasteiger partial charge in [0.1, 0.15) is 12.8 Å². The highest BCUT2D eigenvalue weighted by atomic mass is 16.6. The molecule has 0 radical (unpaired) electrons. The fourth-order valence-corrected chi connectivity index (χ4v) is 2.67. The molecule has 0 spiro atoms. The lowest BCUT2D eigenvalue weighted by Crippen LogP contribution is -2.20. The lowest BCUT2D eigenvalue weighted by Gasteiger charge is -2.15. The number of nitrogens with one attached hydrogen (secondary N) is 1. The maximum absolute atomic E-state index is 11.7. The van der Waals surface area contributed by atoms with Crippen molar-refractivity contribution in [3.05, 3.63) is 23.0 Å². The number of aromatic amines is 1. The number of ether oxygens (including phenoxy) is 2. The Bertz CT molecular complexity index is 751. The van der Waals surface area contributed by atoms with Crippen LogP contribution in [0, 0.1) is 5.92 Å². The van der Waals surface area contributed by atoms with Crippen LogP contribution in [0.15, 0.2) is 17.4 Å². The smallest absolute Gasteiger partial charge is 0.306 e. The first kappa shape index (κ1) is 15.7. The highest BCUT2D eigenvalue weighted by Crippen LogP contribution is 2.30. The van der Waals surface area contributed by atoms with E-state index in [-0.39, 0.29) is 36.4 Å². The second kappa shape index (κ2) is 6.49. The van der Waals surface area contributed by atoms with Crippen molar-refractivity contribution in [2.24, 2.45) is 5.92 Å². The molecule has 1 N–H and O–H groups in total. The van der Waals surface area contributed by atoms with E-state index >= 15 is 0 Å². The third-order valence-corrected chi connectivity index (χ3v) is 3.77. The van der Waals surface area contributed by atoms with Crippen LogP contribution in [0.3, 0.4) is 0 Å². The predicted molar refractivity (Wildman–Crippen MR) is 81.7 cm³/mol. The molecule has 1 aliphatic rings. The number of hydrogen-bond acceptors (Lipinski definition) is 6. The number of H-pyrrole nitrogens is 1. The molecule has 0 aromatic carbocycles. The molecule has 0 bridgehead atoms. The molecule has 1 fully saturated rings. The van der Waals surface area contributed by atoms with E-state index < -0.39 is 0 Å². The van der Waals surface area contributed by atoms with Gasteiger partial charge in [0, 0.05) is 6.42 Å². The molecule has 0 saturated carbocycles. The summed E-state index contributed by atoms with van der Waals surface area (Å²) in [5.74, 6) is 0.0783. The number of hydrogen-bond donors (Lipinski definition) is 1. The topological polar surface area (TPSA) is 99.1 Å². The van der Waals surface area contributed by atoms with Crippen LogP contribution >= 0.6 is 0 Å². The summed E-state index contributed by atoms with van der Waals surface area (Å²) in [5.41, 5.74) is 0.519. The van der Waals surface area contributed by atoms with Gasteiger partial charge in [-0.15, -0.1) is 0 Å². The van der Waals surface area contributed by atoms with Gasteiger partial charge < -0.3 is 14.5 Å². The average Bonchev–Trinajstić information content (AvgIpc) is 3.11. The minimum atomic E-state index is -0.272. The first-order valence-electron chi connectivity index (χ1n) is 7.76. The van der Waals surface area contributed by atoms with Crippen molar-refractivity contribution in [2.75, 3.05) is 6.61 Å². The molecule has 124 valence electrons. The first-order chi connectivity index (χ1) is 11.0. The molecule has 23 heavy (non-hydrogen) atoms. The van der Waals surface area contributed by atoms with Crippen LogP contribution in [0.4, 0.5) is 0 Å². The van der Waals surface area contributed by atoms with Gasteiger partial charge in [-0.3, -0.25) is 14.2 Å². The molecule has 2 aromatic rings. The summed E-state index contributed by atoms with van der Waals surface area (Å²) in [4.78, 5) is 34.0. The maximum Gasteiger partial charge on any atom is 0.306 e. The Hall–Kier alpha value is -2.22. The van der Waals surface area contributed by atoms with Crippen molar-refractivity contribution < 1.29 is 14.3 Å². The summed E-state index contributed by atoms with van der Waals surface area (Å²) in [6.07, 6.45) is 4.47. The molecule has 1 saturated heterocycles. The molecule has 0 unspecified atom stereocenters. The molecule has 1 aliphatic heterocycles. The molecule has 2 aromatic heterocycles. The quantitative estimate of drug-likeness (QED) is 0.836. The summed E-state index contributed by atoms with van der Waals surface area (Å²) in [5, 5.41) is 0. The highest BCUT2D eigenvalue weighted by molar-refractivity contribution is 5.69. The summed E-state index contributed by atoms with van der Waals surface area (Å²) >= 11 is 0. The van der Waals surface area contributed by atoms with Crippen LogP contribution < -0.4 is 5.56 Å². The van der Waals surface area contributed by atoms with Crippen molar-refractivity contribution >= 4 is 17.1 Å². The Labute approximate surface area is 132 Å². The Kier molecular flexibility index (Phi) is 4.42. The second-order valence-electron chi connectivity index (χ2n) is 6.13. The van der Waals surface area contributed by atoms with Gasteiger partial charge in [0.2, 0.25) is 0 Å². The normalized spacial score (nSPS) is 21.2. The Morgan fingerprint density at radius 2 is 2.30 bits per heavy atom. The van der Waals surface area contributed by atoms with Gasteiger partial charge in [-0.1, -0.05) is 13.8 Å². The van der Waals surface area contributed by atoms with E-state index in [9.17, 15) is 9.59 Å². The van der Waals surface area contributed by atoms with Gasteiger partial charge in [-0.2, -0.15) is 0 Å². The van der Waals surface area contributed by atoms with Gasteiger partial charge in [-0.25, -0.2) is 9.97 Å². The molecule has 8 nitrogen and oxygen atoms in total. The molecule has 2 atom stereocenters. The number of carbonyl (C=O) groups excluding carboxylic acids is 1. The second-order valence-corrected chi connectivity index (χ2v) is 6.13. The van der Waals surface area contributed by atoms with Crippen LogP contribution in [-0.4, -0.2) is 38.2 Å². The maximum atomic E-state index is 11.7. The number of carbonyl (C=O) groups is 1. The summed E-state index contributed by atoms with van der Waals surface area (Å²) in [6, 6.07) is 0. The van der Waals surface area contributed by atoms with E-state index in [1.807, 2.05) is 13.8 Å². The predicted octanol–water partition coefficient (Wildman–Crippen LogP) is 1.39. The van der Waals surface area contributed by atoms with Gasteiger partial charge in [0.15, 0.2) is 11.2 Å². The highest BCUT2D eigenvalue weighted by Gasteiger charge is 2.29. The number of imidazole rings is 1. The number of aromatic nitrogens is 4. The summed E-state index contributed by atoms with van der Waals surface area (Å²) in [7, 11) is 0. The zero-order chi connectivity index (χ0) is 16.4. The van der Waals surface area contributed by atoms with Gasteiger partial charge >= 0.3 is 5.97 Å². The minimum Gasteiger partial charge on any atom is -0.463 e. The van der Waals surface area contributed by atoms with E-state index in [0.717, 1.165) is 12.8 Å². The van der Waals surface area contributed by atoms with Crippen molar-refractivity contribution in [2.45, 2.75) is 45.4 Å². The van der Waals surface area contributed by atoms with E-state index in [1.165, 1.54) is 6.33 Å². The summed E-state index contributed by atoms with van der Waals surface area (Å²) in [6.45, 7) is 4.20. The van der Waals surface area contributed by atoms with Gasteiger partial charge in [0.05, 0.1) is 18.8 Å². The lowest BCUT2D eigenvalue weighted by atomic mass is 10.1. The number of rotatable bonds is 5. The van der Waals surface area contributed by atoms with Gasteiger partial charge in [-0.05, 0) is 18.8 Å². The van der Waals surface area contributed by atoms with Crippen LogP contribution in [0.2, 0.25) is 0 Å².